The molecule has 0 unspecified atom stereocenters. The van der Waals surface area contributed by atoms with Gasteiger partial charge in [-0.25, -0.2) is 4.98 Å². The minimum absolute atomic E-state index is 0.0391. The molecule has 0 amide bonds. The highest BCUT2D eigenvalue weighted by Gasteiger charge is 2.62. The van der Waals surface area contributed by atoms with Gasteiger partial charge in [0, 0.05) is 10.9 Å². The summed E-state index contributed by atoms with van der Waals surface area (Å²) >= 11 is 0.986. The number of aliphatic hydroxyl groups is 1. The molecule has 2 aromatic carbocycles. The van der Waals surface area contributed by atoms with E-state index in [1.54, 1.807) is 61.0 Å². The fourth-order valence-electron chi connectivity index (χ4n) is 3.13. The lowest BCUT2D eigenvalue weighted by Gasteiger charge is -2.32. The molecule has 0 spiro atoms. The van der Waals surface area contributed by atoms with E-state index in [9.17, 15) is 18.3 Å². The molecule has 0 radical (unpaired) electrons. The maximum atomic E-state index is 13.8. The summed E-state index contributed by atoms with van der Waals surface area (Å²) < 4.78 is 46.7. The summed E-state index contributed by atoms with van der Waals surface area (Å²) in [6, 6.07) is 14.0. The lowest BCUT2D eigenvalue weighted by Crippen LogP contribution is -2.55. The number of halogens is 3. The predicted octanol–water partition coefficient (Wildman–Crippen LogP) is 4.99. The second kappa shape index (κ2) is 7.41. The van der Waals surface area contributed by atoms with Crippen molar-refractivity contribution in [2.24, 2.45) is 5.10 Å². The number of aromatic nitrogens is 1. The molecule has 1 aliphatic heterocycles. The lowest BCUT2D eigenvalue weighted by molar-refractivity contribution is -0.254. The molecule has 1 aromatic heterocycles. The molecule has 30 heavy (non-hydrogen) atoms. The molecule has 5 nitrogen and oxygen atoms in total. The first-order valence-corrected chi connectivity index (χ1v) is 9.93. The number of hydrazone groups is 1. The number of hydrogen-bond acceptors (Lipinski definition) is 6. The summed E-state index contributed by atoms with van der Waals surface area (Å²) in [5, 5.41) is 16.9. The van der Waals surface area contributed by atoms with Crippen LogP contribution in [-0.2, 0) is 0 Å². The Balaban J connectivity index is 1.72. The van der Waals surface area contributed by atoms with Crippen molar-refractivity contribution in [2.75, 3.05) is 12.1 Å². The van der Waals surface area contributed by atoms with Crippen LogP contribution >= 0.6 is 11.3 Å². The van der Waals surface area contributed by atoms with Crippen molar-refractivity contribution >= 4 is 22.2 Å². The van der Waals surface area contributed by atoms with Crippen molar-refractivity contribution in [3.8, 4) is 17.0 Å². The normalized spacial score (nSPS) is 19.1. The summed E-state index contributed by atoms with van der Waals surface area (Å²) in [4.78, 5) is 4.31. The first-order chi connectivity index (χ1) is 14.2. The van der Waals surface area contributed by atoms with Crippen LogP contribution in [0, 0.1) is 6.92 Å². The van der Waals surface area contributed by atoms with Crippen LogP contribution in [0.15, 0.2) is 59.0 Å². The van der Waals surface area contributed by atoms with Gasteiger partial charge in [0.2, 0.25) is 5.13 Å². The quantitative estimate of drug-likeness (QED) is 0.630. The van der Waals surface area contributed by atoms with Crippen LogP contribution in [0.25, 0.3) is 11.3 Å². The van der Waals surface area contributed by atoms with E-state index in [1.165, 1.54) is 0 Å². The summed E-state index contributed by atoms with van der Waals surface area (Å²) in [6.45, 7) is 1.88. The van der Waals surface area contributed by atoms with E-state index < -0.39 is 18.3 Å². The summed E-state index contributed by atoms with van der Waals surface area (Å²) in [5.74, 6) is 0.660. The predicted molar refractivity (Wildman–Crippen MR) is 110 cm³/mol. The van der Waals surface area contributed by atoms with Crippen LogP contribution < -0.4 is 9.75 Å². The number of ether oxygens (including phenoxy) is 1. The molecule has 3 aromatic rings. The highest BCUT2D eigenvalue weighted by atomic mass is 32.1. The first-order valence-electron chi connectivity index (χ1n) is 9.05. The van der Waals surface area contributed by atoms with Crippen LogP contribution in [-0.4, -0.2) is 34.8 Å². The second-order valence-corrected chi connectivity index (χ2v) is 7.80. The standard InChI is InChI=1S/C21H18F3N3O2S/c1-13-3-5-14(6-4-13)17-11-20(28,21(22,23)24)27(26-17)19-25-18(12-30-19)15-7-9-16(29-2)10-8-15/h3-10,12,28H,11H2,1-2H3/t20-/m0/s1. The average molecular weight is 433 g/mol. The fraction of sp³-hybridized carbons (Fsp3) is 0.238. The Labute approximate surface area is 175 Å². The van der Waals surface area contributed by atoms with Gasteiger partial charge in [-0.15, -0.1) is 11.3 Å². The van der Waals surface area contributed by atoms with Gasteiger partial charge in [-0.05, 0) is 36.8 Å². The zero-order valence-electron chi connectivity index (χ0n) is 16.1. The Kier molecular flexibility index (Phi) is 5.03. The SMILES string of the molecule is COc1ccc(-c2csc(N3N=C(c4ccc(C)cc4)C[C@]3(O)C(F)(F)F)n2)cc1. The van der Waals surface area contributed by atoms with Gasteiger partial charge >= 0.3 is 6.18 Å². The number of benzene rings is 2. The van der Waals surface area contributed by atoms with E-state index in [-0.39, 0.29) is 10.8 Å². The lowest BCUT2D eigenvalue weighted by atomic mass is 10.0. The fourth-order valence-corrected chi connectivity index (χ4v) is 3.98. The first kappa shape index (κ1) is 20.4. The maximum Gasteiger partial charge on any atom is 0.438 e. The van der Waals surface area contributed by atoms with Crippen LogP contribution in [0.3, 0.4) is 0 Å². The molecule has 0 saturated carbocycles. The number of thiazole rings is 1. The van der Waals surface area contributed by atoms with E-state index in [2.05, 4.69) is 10.1 Å². The van der Waals surface area contributed by atoms with Crippen LogP contribution in [0.5, 0.6) is 5.75 Å². The van der Waals surface area contributed by atoms with Crippen molar-refractivity contribution < 1.29 is 23.0 Å². The van der Waals surface area contributed by atoms with Gasteiger partial charge in [0.25, 0.3) is 5.72 Å². The number of nitrogens with zero attached hydrogens (tertiary/aromatic N) is 3. The van der Waals surface area contributed by atoms with Crippen LogP contribution in [0.2, 0.25) is 0 Å². The molecule has 0 bridgehead atoms. The molecular formula is C21H18F3N3O2S. The molecule has 4 rings (SSSR count). The van der Waals surface area contributed by atoms with Gasteiger partial charge < -0.3 is 9.84 Å². The Morgan fingerprint density at radius 2 is 1.70 bits per heavy atom. The molecule has 1 atom stereocenters. The van der Waals surface area contributed by atoms with E-state index in [0.717, 1.165) is 22.5 Å². The smallest absolute Gasteiger partial charge is 0.438 e. The van der Waals surface area contributed by atoms with Crippen molar-refractivity contribution in [1.29, 1.82) is 0 Å². The summed E-state index contributed by atoms with van der Waals surface area (Å²) in [5.41, 5.74) is -0.308. The van der Waals surface area contributed by atoms with Gasteiger partial charge in [0.1, 0.15) is 5.75 Å². The molecule has 9 heteroatoms. The minimum Gasteiger partial charge on any atom is -0.497 e. The van der Waals surface area contributed by atoms with Crippen molar-refractivity contribution in [3.63, 3.8) is 0 Å². The van der Waals surface area contributed by atoms with Crippen molar-refractivity contribution in [2.45, 2.75) is 25.2 Å². The number of hydrogen-bond donors (Lipinski definition) is 1. The summed E-state index contributed by atoms with van der Waals surface area (Å²) in [6.07, 6.45) is -5.61. The third kappa shape index (κ3) is 3.54. The minimum atomic E-state index is -4.92. The third-order valence-corrected chi connectivity index (χ3v) is 5.70. The van der Waals surface area contributed by atoms with Gasteiger partial charge in [0.15, 0.2) is 0 Å². The molecule has 0 fully saturated rings. The van der Waals surface area contributed by atoms with Gasteiger partial charge in [0.05, 0.1) is 24.9 Å². The van der Waals surface area contributed by atoms with Crippen LogP contribution in [0.1, 0.15) is 17.5 Å². The Hall–Kier alpha value is -2.91. The van der Waals surface area contributed by atoms with Crippen molar-refractivity contribution in [1.82, 2.24) is 4.98 Å². The third-order valence-electron chi connectivity index (χ3n) is 4.88. The molecule has 2 heterocycles. The van der Waals surface area contributed by atoms with Crippen LogP contribution in [0.4, 0.5) is 18.3 Å². The topological polar surface area (TPSA) is 58.0 Å². The summed E-state index contributed by atoms with van der Waals surface area (Å²) in [7, 11) is 1.55. The highest BCUT2D eigenvalue weighted by molar-refractivity contribution is 7.14. The van der Waals surface area contributed by atoms with E-state index in [4.69, 9.17) is 4.74 Å². The zero-order chi connectivity index (χ0) is 21.5. The zero-order valence-corrected chi connectivity index (χ0v) is 17.0. The molecule has 0 aliphatic carbocycles. The maximum absolute atomic E-state index is 13.8. The van der Waals surface area contributed by atoms with Gasteiger partial charge in [-0.1, -0.05) is 29.8 Å². The number of rotatable bonds is 4. The van der Waals surface area contributed by atoms with E-state index in [0.29, 0.717) is 22.0 Å². The Morgan fingerprint density at radius 1 is 1.07 bits per heavy atom. The monoisotopic (exact) mass is 433 g/mol. The number of aryl methyl sites for hydroxylation is 1. The molecule has 1 aliphatic rings. The number of alkyl halides is 3. The van der Waals surface area contributed by atoms with E-state index >= 15 is 0 Å². The van der Waals surface area contributed by atoms with Gasteiger partial charge in [-0.3, -0.25) is 0 Å². The van der Waals surface area contributed by atoms with Gasteiger partial charge in [-0.2, -0.15) is 23.3 Å². The Morgan fingerprint density at radius 3 is 2.30 bits per heavy atom. The molecular weight excluding hydrogens is 415 g/mol. The highest BCUT2D eigenvalue weighted by Crippen LogP contribution is 2.45. The average Bonchev–Trinajstić information content (AvgIpc) is 3.33. The molecule has 156 valence electrons. The Bertz CT molecular complexity index is 1080. The number of methoxy groups -OCH3 is 1. The second-order valence-electron chi connectivity index (χ2n) is 6.96. The largest absolute Gasteiger partial charge is 0.497 e. The number of anilines is 1. The molecule has 0 saturated heterocycles. The van der Waals surface area contributed by atoms with E-state index in [1.807, 2.05) is 6.92 Å². The van der Waals surface area contributed by atoms with Crippen molar-refractivity contribution in [3.05, 3.63) is 65.0 Å². The molecule has 1 N–H and O–H groups in total.